The Bertz CT molecular complexity index is 122. The number of hydrogen-bond donors (Lipinski definition) is 0. The van der Waals surface area contributed by atoms with Crippen molar-refractivity contribution in [3.63, 3.8) is 0 Å². The molecule has 0 aromatic rings. The Kier molecular flexibility index (Phi) is 4.07. The van der Waals surface area contributed by atoms with Crippen molar-refractivity contribution >= 4 is 0 Å². The van der Waals surface area contributed by atoms with Crippen LogP contribution in [0.4, 0.5) is 0 Å². The van der Waals surface area contributed by atoms with Gasteiger partial charge in [-0.05, 0) is 32.2 Å². The number of rotatable bonds is 6. The van der Waals surface area contributed by atoms with Gasteiger partial charge in [0.05, 0.1) is 0 Å². The van der Waals surface area contributed by atoms with Gasteiger partial charge < -0.3 is 0 Å². The second-order valence-electron chi connectivity index (χ2n) is 4.38. The lowest BCUT2D eigenvalue weighted by Gasteiger charge is -2.09. The summed E-state index contributed by atoms with van der Waals surface area (Å²) in [5.41, 5.74) is 0. The molecule has 1 aliphatic rings. The fraction of sp³-hybridized carbons (Fsp3) is 1.00. The summed E-state index contributed by atoms with van der Waals surface area (Å²) >= 11 is 0. The fourth-order valence-corrected chi connectivity index (χ4v) is 1.88. The molecule has 1 heterocycles. The largest absolute Gasteiger partial charge is 0.298 e. The summed E-state index contributed by atoms with van der Waals surface area (Å²) in [7, 11) is 0. The molecule has 1 saturated heterocycles. The zero-order valence-corrected chi connectivity index (χ0v) is 8.84. The van der Waals surface area contributed by atoms with Crippen LogP contribution < -0.4 is 0 Å². The molecule has 0 N–H and O–H groups in total. The summed E-state index contributed by atoms with van der Waals surface area (Å²) in [6.45, 7) is 9.67. The van der Waals surface area contributed by atoms with Crippen LogP contribution in [0.5, 0.6) is 0 Å². The van der Waals surface area contributed by atoms with Crippen molar-refractivity contribution in [3.05, 3.63) is 0 Å². The summed E-state index contributed by atoms with van der Waals surface area (Å²) < 4.78 is 0. The van der Waals surface area contributed by atoms with Gasteiger partial charge in [-0.2, -0.15) is 0 Å². The normalized spacial score (nSPS) is 30.2. The van der Waals surface area contributed by atoms with E-state index < -0.39 is 0 Å². The molecule has 0 bridgehead atoms. The predicted molar refractivity (Wildman–Crippen MR) is 54.3 cm³/mol. The van der Waals surface area contributed by atoms with E-state index in [1.54, 1.807) is 0 Å². The average Bonchev–Trinajstić information content (AvgIpc) is 2.67. The van der Waals surface area contributed by atoms with Gasteiger partial charge >= 0.3 is 0 Å². The Balaban J connectivity index is 1.88. The molecular formula is C11H23N. The Morgan fingerprint density at radius 3 is 2.58 bits per heavy atom. The molecule has 1 heteroatoms. The summed E-state index contributed by atoms with van der Waals surface area (Å²) in [5.74, 6) is 0.949. The molecule has 1 rings (SSSR count). The lowest BCUT2D eigenvalue weighted by molar-refractivity contribution is 0.420. The van der Waals surface area contributed by atoms with Crippen LogP contribution in [-0.4, -0.2) is 24.0 Å². The topological polar surface area (TPSA) is 3.01 Å². The molecule has 0 amide bonds. The maximum Gasteiger partial charge on any atom is 0.0195 e. The molecule has 3 unspecified atom stereocenters. The predicted octanol–water partition coefficient (Wildman–Crippen LogP) is 2.91. The van der Waals surface area contributed by atoms with E-state index in [1.165, 1.54) is 38.8 Å². The van der Waals surface area contributed by atoms with E-state index in [0.29, 0.717) is 0 Å². The SMILES string of the molecule is CCCC(C)CCCN1CC1C. The molecule has 0 saturated carbocycles. The molecule has 0 aromatic heterocycles. The van der Waals surface area contributed by atoms with Crippen LogP contribution >= 0.6 is 0 Å². The summed E-state index contributed by atoms with van der Waals surface area (Å²) in [5, 5.41) is 0. The third kappa shape index (κ3) is 3.57. The van der Waals surface area contributed by atoms with Gasteiger partial charge in [0.1, 0.15) is 0 Å². The molecule has 0 aliphatic carbocycles. The Hall–Kier alpha value is -0.0400. The summed E-state index contributed by atoms with van der Waals surface area (Å²) in [4.78, 5) is 2.55. The highest BCUT2D eigenvalue weighted by Gasteiger charge is 2.27. The van der Waals surface area contributed by atoms with Crippen LogP contribution in [0.25, 0.3) is 0 Å². The van der Waals surface area contributed by atoms with Gasteiger partial charge in [0.2, 0.25) is 0 Å². The van der Waals surface area contributed by atoms with Crippen molar-refractivity contribution in [1.29, 1.82) is 0 Å². The number of hydrogen-bond acceptors (Lipinski definition) is 1. The molecule has 1 nitrogen and oxygen atoms in total. The fourth-order valence-electron chi connectivity index (χ4n) is 1.88. The van der Waals surface area contributed by atoms with Crippen molar-refractivity contribution in [1.82, 2.24) is 4.90 Å². The van der Waals surface area contributed by atoms with Crippen molar-refractivity contribution in [2.24, 2.45) is 5.92 Å². The van der Waals surface area contributed by atoms with E-state index in [-0.39, 0.29) is 0 Å². The van der Waals surface area contributed by atoms with Crippen LogP contribution in [-0.2, 0) is 0 Å². The average molecular weight is 169 g/mol. The van der Waals surface area contributed by atoms with Crippen LogP contribution in [0, 0.1) is 5.92 Å². The minimum absolute atomic E-state index is 0.895. The number of nitrogens with zero attached hydrogens (tertiary/aromatic N) is 1. The van der Waals surface area contributed by atoms with Gasteiger partial charge in [0.25, 0.3) is 0 Å². The van der Waals surface area contributed by atoms with E-state index >= 15 is 0 Å². The second-order valence-corrected chi connectivity index (χ2v) is 4.38. The summed E-state index contributed by atoms with van der Waals surface area (Å²) in [6, 6.07) is 0.895. The lowest BCUT2D eigenvalue weighted by atomic mass is 10.0. The molecule has 12 heavy (non-hydrogen) atoms. The van der Waals surface area contributed by atoms with E-state index in [0.717, 1.165) is 12.0 Å². The highest BCUT2D eigenvalue weighted by Crippen LogP contribution is 2.19. The minimum Gasteiger partial charge on any atom is -0.298 e. The van der Waals surface area contributed by atoms with Gasteiger partial charge in [0, 0.05) is 12.6 Å². The van der Waals surface area contributed by atoms with Crippen LogP contribution in [0.2, 0.25) is 0 Å². The highest BCUT2D eigenvalue weighted by molar-refractivity contribution is 4.84. The van der Waals surface area contributed by atoms with E-state index in [2.05, 4.69) is 25.7 Å². The van der Waals surface area contributed by atoms with Crippen LogP contribution in [0.15, 0.2) is 0 Å². The Morgan fingerprint density at radius 2 is 2.08 bits per heavy atom. The van der Waals surface area contributed by atoms with Gasteiger partial charge in [0.15, 0.2) is 0 Å². The van der Waals surface area contributed by atoms with Crippen LogP contribution in [0.3, 0.4) is 0 Å². The Morgan fingerprint density at radius 1 is 1.42 bits per heavy atom. The first-order valence-corrected chi connectivity index (χ1v) is 5.48. The van der Waals surface area contributed by atoms with Crippen molar-refractivity contribution in [2.75, 3.05) is 13.1 Å². The highest BCUT2D eigenvalue weighted by atomic mass is 15.3. The zero-order valence-electron chi connectivity index (χ0n) is 8.84. The molecule has 0 radical (unpaired) electrons. The molecule has 0 spiro atoms. The molecule has 1 aliphatic heterocycles. The monoisotopic (exact) mass is 169 g/mol. The lowest BCUT2D eigenvalue weighted by Crippen LogP contribution is -2.04. The van der Waals surface area contributed by atoms with Gasteiger partial charge in [-0.25, -0.2) is 0 Å². The maximum atomic E-state index is 2.55. The van der Waals surface area contributed by atoms with Gasteiger partial charge in [-0.3, -0.25) is 4.90 Å². The first-order chi connectivity index (χ1) is 5.74. The molecule has 3 atom stereocenters. The second kappa shape index (κ2) is 4.86. The molecule has 1 fully saturated rings. The van der Waals surface area contributed by atoms with Crippen molar-refractivity contribution in [3.8, 4) is 0 Å². The van der Waals surface area contributed by atoms with E-state index in [4.69, 9.17) is 0 Å². The standard InChI is InChI=1S/C11H23N/c1-4-6-10(2)7-5-8-12-9-11(12)3/h10-11H,4-9H2,1-3H3. The maximum absolute atomic E-state index is 2.55. The smallest absolute Gasteiger partial charge is 0.0195 e. The first-order valence-electron chi connectivity index (χ1n) is 5.48. The molecule has 72 valence electrons. The minimum atomic E-state index is 0.895. The van der Waals surface area contributed by atoms with E-state index in [1.807, 2.05) is 0 Å². The summed E-state index contributed by atoms with van der Waals surface area (Å²) in [6.07, 6.45) is 5.60. The zero-order chi connectivity index (χ0) is 8.97. The quantitative estimate of drug-likeness (QED) is 0.552. The Labute approximate surface area is 77.1 Å². The first kappa shape index (κ1) is 10.0. The van der Waals surface area contributed by atoms with Crippen LogP contribution in [0.1, 0.15) is 46.5 Å². The van der Waals surface area contributed by atoms with Crippen molar-refractivity contribution in [2.45, 2.75) is 52.5 Å². The third-order valence-corrected chi connectivity index (χ3v) is 2.91. The molecule has 0 aromatic carbocycles. The van der Waals surface area contributed by atoms with Gasteiger partial charge in [-0.15, -0.1) is 0 Å². The third-order valence-electron chi connectivity index (χ3n) is 2.91. The molecular weight excluding hydrogens is 146 g/mol. The van der Waals surface area contributed by atoms with E-state index in [9.17, 15) is 0 Å². The van der Waals surface area contributed by atoms with Gasteiger partial charge in [-0.1, -0.05) is 26.7 Å². The van der Waals surface area contributed by atoms with Crippen molar-refractivity contribution < 1.29 is 0 Å².